The number of rotatable bonds is 3. The molecule has 0 spiro atoms. The number of hydrogen-bond acceptors (Lipinski definition) is 7. The molecule has 0 radical (unpaired) electrons. The monoisotopic (exact) mass is 462 g/mol. The number of benzene rings is 2. The van der Waals surface area contributed by atoms with Crippen LogP contribution in [0, 0.1) is 10.1 Å². The van der Waals surface area contributed by atoms with Crippen LogP contribution in [-0.2, 0) is 0 Å². The zero-order valence-corrected chi connectivity index (χ0v) is 16.4. The molecule has 8 N–H and O–H groups in total. The maximum atomic E-state index is 10.4. The van der Waals surface area contributed by atoms with Gasteiger partial charge in [0.1, 0.15) is 5.69 Å². The summed E-state index contributed by atoms with van der Waals surface area (Å²) in [5.74, 6) is 8.00. The summed E-state index contributed by atoms with van der Waals surface area (Å²) < 4.78 is 1.85. The lowest BCUT2D eigenvalue weighted by Crippen LogP contribution is -2.02. The lowest BCUT2D eigenvalue weighted by atomic mass is 10.3. The molecule has 0 aliphatic rings. The van der Waals surface area contributed by atoms with Gasteiger partial charge < -0.3 is 16.4 Å². The summed E-state index contributed by atoms with van der Waals surface area (Å²) in [5.41, 5.74) is 7.93. The van der Waals surface area contributed by atoms with Crippen LogP contribution in [0.15, 0.2) is 45.3 Å². The number of nitro benzene ring substituents is 1. The quantitative estimate of drug-likeness (QED) is 0.203. The fourth-order valence-electron chi connectivity index (χ4n) is 1.61. The summed E-state index contributed by atoms with van der Waals surface area (Å²) in [6.07, 6.45) is 0. The molecule has 0 bridgehead atoms. The molecule has 2 rings (SSSR count). The average Bonchev–Trinajstić information content (AvgIpc) is 2.59. The van der Waals surface area contributed by atoms with E-state index in [1.807, 2.05) is 25.2 Å². The highest BCUT2D eigenvalue weighted by atomic mass is 79.9. The first kappa shape index (κ1) is 22.1. The van der Waals surface area contributed by atoms with Gasteiger partial charge in [-0.1, -0.05) is 31.9 Å². The van der Waals surface area contributed by atoms with Gasteiger partial charge in [-0.2, -0.15) is 0 Å². The minimum absolute atomic E-state index is 0.0840. The van der Waals surface area contributed by atoms with Crippen molar-refractivity contribution >= 4 is 54.6 Å². The molecule has 0 heterocycles. The van der Waals surface area contributed by atoms with Gasteiger partial charge in [0.2, 0.25) is 0 Å². The number of nitrogen functional groups attached to an aromatic ring is 1. The van der Waals surface area contributed by atoms with Gasteiger partial charge in [-0.25, -0.2) is 0 Å². The molecule has 0 aromatic heterocycles. The highest BCUT2D eigenvalue weighted by Crippen LogP contribution is 2.27. The summed E-state index contributed by atoms with van der Waals surface area (Å²) >= 11 is 6.57. The third kappa shape index (κ3) is 7.13. The van der Waals surface area contributed by atoms with E-state index < -0.39 is 4.92 Å². The number of nitrogens with zero attached hydrogens (tertiary/aromatic N) is 1. The Balaban J connectivity index is 0.000000405. The van der Waals surface area contributed by atoms with E-state index in [1.54, 1.807) is 19.2 Å². The molecule has 0 aliphatic heterocycles. The minimum atomic E-state index is -0.418. The Morgan fingerprint density at radius 2 is 1.42 bits per heavy atom. The van der Waals surface area contributed by atoms with Crippen molar-refractivity contribution in [1.29, 1.82) is 0 Å². The average molecular weight is 464 g/mol. The van der Waals surface area contributed by atoms with Crippen LogP contribution in [0.4, 0.5) is 22.7 Å². The van der Waals surface area contributed by atoms with Gasteiger partial charge in [-0.05, 0) is 30.3 Å². The molecule has 0 amide bonds. The predicted octanol–water partition coefficient (Wildman–Crippen LogP) is 3.29. The van der Waals surface area contributed by atoms with Gasteiger partial charge in [0.25, 0.3) is 5.69 Å². The molecule has 24 heavy (non-hydrogen) atoms. The Bertz CT molecular complexity index is 670. The molecule has 0 fully saturated rings. The highest BCUT2D eigenvalue weighted by Gasteiger charge is 2.11. The second kappa shape index (κ2) is 11.6. The van der Waals surface area contributed by atoms with Gasteiger partial charge in [0.15, 0.2) is 0 Å². The number of nitrogens with two attached hydrogens (primary N) is 3. The molecule has 8 nitrogen and oxygen atoms in total. The van der Waals surface area contributed by atoms with E-state index in [2.05, 4.69) is 54.2 Å². The number of hydrogen-bond donors (Lipinski definition) is 5. The lowest BCUT2D eigenvalue weighted by molar-refractivity contribution is -0.383. The Morgan fingerprint density at radius 1 is 0.958 bits per heavy atom. The number of anilines is 3. The molecule has 0 saturated carbocycles. The highest BCUT2D eigenvalue weighted by molar-refractivity contribution is 9.10. The van der Waals surface area contributed by atoms with Crippen molar-refractivity contribution in [2.24, 2.45) is 11.7 Å². The fraction of sp³-hybridized carbons (Fsp3) is 0.143. The summed E-state index contributed by atoms with van der Waals surface area (Å²) in [6.45, 7) is 0. The number of nitro groups is 1. The smallest absolute Gasteiger partial charge is 0.292 e. The van der Waals surface area contributed by atoms with E-state index in [9.17, 15) is 10.1 Å². The molecular weight excluding hydrogens is 444 g/mol. The fourth-order valence-corrected chi connectivity index (χ4v) is 2.33. The standard InChI is InChI=1S/C7H7BrN2O2.C7H9BrN2.H4N2/c1-9-6-4-5(8)2-3-7(6)10(11)12;1-10-7-4-5(8)2-3-6(7)9;1-2/h2-4,9H,1H3;2-4,10H,9H2,1H3;1-2H2. The van der Waals surface area contributed by atoms with Crippen LogP contribution in [0.1, 0.15) is 0 Å². The second-order valence-electron chi connectivity index (χ2n) is 4.15. The summed E-state index contributed by atoms with van der Waals surface area (Å²) in [6, 6.07) is 10.5. The van der Waals surface area contributed by atoms with E-state index >= 15 is 0 Å². The van der Waals surface area contributed by atoms with E-state index in [0.717, 1.165) is 20.3 Å². The van der Waals surface area contributed by atoms with Crippen molar-refractivity contribution in [2.75, 3.05) is 30.5 Å². The molecule has 0 saturated heterocycles. The zero-order valence-electron chi connectivity index (χ0n) is 13.2. The molecule has 132 valence electrons. The van der Waals surface area contributed by atoms with E-state index in [0.29, 0.717) is 5.69 Å². The second-order valence-corrected chi connectivity index (χ2v) is 5.98. The topological polar surface area (TPSA) is 145 Å². The van der Waals surface area contributed by atoms with Crippen LogP contribution >= 0.6 is 31.9 Å². The van der Waals surface area contributed by atoms with Crippen molar-refractivity contribution in [2.45, 2.75) is 0 Å². The maximum absolute atomic E-state index is 10.4. The van der Waals surface area contributed by atoms with Crippen molar-refractivity contribution in [3.8, 4) is 0 Å². The summed E-state index contributed by atoms with van der Waals surface area (Å²) in [4.78, 5) is 10.0. The maximum Gasteiger partial charge on any atom is 0.292 e. The predicted molar refractivity (Wildman–Crippen MR) is 107 cm³/mol. The molecule has 10 heteroatoms. The van der Waals surface area contributed by atoms with Crippen LogP contribution in [0.5, 0.6) is 0 Å². The van der Waals surface area contributed by atoms with Gasteiger partial charge in [-0.3, -0.25) is 21.8 Å². The molecular formula is C14H20Br2N6O2. The van der Waals surface area contributed by atoms with Gasteiger partial charge in [-0.15, -0.1) is 0 Å². The van der Waals surface area contributed by atoms with Crippen LogP contribution in [0.3, 0.4) is 0 Å². The Kier molecular flexibility index (Phi) is 10.7. The van der Waals surface area contributed by atoms with Crippen molar-refractivity contribution in [3.63, 3.8) is 0 Å². The Morgan fingerprint density at radius 3 is 1.83 bits per heavy atom. The third-order valence-corrected chi connectivity index (χ3v) is 3.70. The van der Waals surface area contributed by atoms with Gasteiger partial charge in [0, 0.05) is 29.1 Å². The number of nitrogens with one attached hydrogen (secondary N) is 2. The van der Waals surface area contributed by atoms with Gasteiger partial charge >= 0.3 is 0 Å². The third-order valence-electron chi connectivity index (χ3n) is 2.71. The molecule has 0 unspecified atom stereocenters. The number of halogens is 2. The first-order valence-corrected chi connectivity index (χ1v) is 8.15. The van der Waals surface area contributed by atoms with Crippen LogP contribution < -0.4 is 28.1 Å². The normalized spacial score (nSPS) is 8.92. The van der Waals surface area contributed by atoms with E-state index in [-0.39, 0.29) is 5.69 Å². The van der Waals surface area contributed by atoms with E-state index in [4.69, 9.17) is 5.73 Å². The molecule has 2 aromatic rings. The summed E-state index contributed by atoms with van der Waals surface area (Å²) in [7, 11) is 3.49. The van der Waals surface area contributed by atoms with Crippen molar-refractivity contribution < 1.29 is 4.92 Å². The summed E-state index contributed by atoms with van der Waals surface area (Å²) in [5, 5.41) is 16.2. The Labute approximate surface area is 157 Å². The molecule has 0 atom stereocenters. The zero-order chi connectivity index (χ0) is 18.7. The first-order valence-electron chi connectivity index (χ1n) is 6.56. The first-order chi connectivity index (χ1) is 11.4. The van der Waals surface area contributed by atoms with E-state index in [1.165, 1.54) is 6.07 Å². The number of hydrazine groups is 1. The van der Waals surface area contributed by atoms with Crippen LogP contribution in [0.2, 0.25) is 0 Å². The van der Waals surface area contributed by atoms with Crippen molar-refractivity contribution in [1.82, 2.24) is 0 Å². The Hall–Kier alpha value is -1.88. The van der Waals surface area contributed by atoms with Crippen LogP contribution in [-0.4, -0.2) is 19.0 Å². The van der Waals surface area contributed by atoms with Gasteiger partial charge in [0.05, 0.1) is 16.3 Å². The SMILES string of the molecule is CNc1cc(Br)ccc1N.CNc1cc(Br)ccc1[N+](=O)[O-].NN. The van der Waals surface area contributed by atoms with Crippen LogP contribution in [0.25, 0.3) is 0 Å². The minimum Gasteiger partial charge on any atom is -0.397 e. The molecule has 2 aromatic carbocycles. The van der Waals surface area contributed by atoms with Crippen molar-refractivity contribution in [3.05, 3.63) is 55.5 Å². The lowest BCUT2D eigenvalue weighted by Gasteiger charge is -2.03. The molecule has 0 aliphatic carbocycles. The largest absolute Gasteiger partial charge is 0.397 e.